The van der Waals surface area contributed by atoms with Crippen molar-refractivity contribution in [2.75, 3.05) is 0 Å². The van der Waals surface area contributed by atoms with Crippen LogP contribution in [0.25, 0.3) is 0 Å². The zero-order chi connectivity index (χ0) is 14.0. The normalized spacial score (nSPS) is 27.0. The molecule has 19 heavy (non-hydrogen) atoms. The molecule has 104 valence electrons. The molecule has 0 aliphatic heterocycles. The van der Waals surface area contributed by atoms with Gasteiger partial charge in [-0.25, -0.2) is 4.98 Å². The summed E-state index contributed by atoms with van der Waals surface area (Å²) in [5, 5.41) is 7.60. The smallest absolute Gasteiger partial charge is 0.225 e. The Labute approximate surface area is 114 Å². The quantitative estimate of drug-likeness (QED) is 0.649. The first-order valence-corrected chi connectivity index (χ1v) is 6.94. The predicted molar refractivity (Wildman–Crippen MR) is 76.6 cm³/mol. The third-order valence-corrected chi connectivity index (χ3v) is 3.70. The maximum atomic E-state index is 7.60. The van der Waals surface area contributed by atoms with Gasteiger partial charge in [0.1, 0.15) is 11.9 Å². The third-order valence-electron chi connectivity index (χ3n) is 3.70. The van der Waals surface area contributed by atoms with Crippen LogP contribution in [-0.2, 0) is 0 Å². The number of rotatable bonds is 3. The first kappa shape index (κ1) is 13.8. The third kappa shape index (κ3) is 3.46. The second kappa shape index (κ2) is 5.59. The minimum Gasteiger partial charge on any atom is -0.474 e. The molecule has 3 N–H and O–H groups in total. The molecule has 0 spiro atoms. The lowest BCUT2D eigenvalue weighted by molar-refractivity contribution is 0.0964. The van der Waals surface area contributed by atoms with Crippen molar-refractivity contribution >= 4 is 5.84 Å². The van der Waals surface area contributed by atoms with E-state index < -0.39 is 0 Å². The lowest BCUT2D eigenvalue weighted by Crippen LogP contribution is -2.29. The number of amidine groups is 1. The largest absolute Gasteiger partial charge is 0.474 e. The number of nitrogens with two attached hydrogens (primary N) is 1. The summed E-state index contributed by atoms with van der Waals surface area (Å²) in [7, 11) is 0. The lowest BCUT2D eigenvalue weighted by Gasteiger charge is -2.31. The van der Waals surface area contributed by atoms with Crippen molar-refractivity contribution in [1.82, 2.24) is 4.98 Å². The van der Waals surface area contributed by atoms with E-state index in [4.69, 9.17) is 15.9 Å². The van der Waals surface area contributed by atoms with E-state index in [0.717, 1.165) is 18.5 Å². The number of nitrogens with one attached hydrogen (secondary N) is 1. The van der Waals surface area contributed by atoms with Gasteiger partial charge in [-0.15, -0.1) is 0 Å². The number of aromatic nitrogens is 1. The van der Waals surface area contributed by atoms with Crippen LogP contribution in [0.5, 0.6) is 5.88 Å². The van der Waals surface area contributed by atoms with Gasteiger partial charge in [0.15, 0.2) is 0 Å². The molecule has 1 aliphatic rings. The van der Waals surface area contributed by atoms with Gasteiger partial charge < -0.3 is 10.5 Å². The summed E-state index contributed by atoms with van der Waals surface area (Å²) in [6.45, 7) is 6.45. The Kier molecular flexibility index (Phi) is 4.08. The van der Waals surface area contributed by atoms with E-state index in [1.807, 2.05) is 19.1 Å². The maximum Gasteiger partial charge on any atom is 0.225 e. The summed E-state index contributed by atoms with van der Waals surface area (Å²) in [4.78, 5) is 4.40. The number of aryl methyl sites for hydroxylation is 1. The summed E-state index contributed by atoms with van der Waals surface area (Å²) >= 11 is 0. The topological polar surface area (TPSA) is 72.0 Å². The van der Waals surface area contributed by atoms with Crippen molar-refractivity contribution < 1.29 is 4.74 Å². The summed E-state index contributed by atoms with van der Waals surface area (Å²) in [5.41, 5.74) is 7.07. The van der Waals surface area contributed by atoms with Gasteiger partial charge in [-0.05, 0) is 50.2 Å². The molecule has 1 fully saturated rings. The van der Waals surface area contributed by atoms with E-state index in [2.05, 4.69) is 18.8 Å². The van der Waals surface area contributed by atoms with Crippen LogP contribution < -0.4 is 10.5 Å². The van der Waals surface area contributed by atoms with Gasteiger partial charge >= 0.3 is 0 Å². The second-order valence-corrected chi connectivity index (χ2v) is 5.88. The van der Waals surface area contributed by atoms with Gasteiger partial charge in [-0.2, -0.15) is 0 Å². The van der Waals surface area contributed by atoms with E-state index in [0.29, 0.717) is 23.3 Å². The van der Waals surface area contributed by atoms with Crippen LogP contribution in [0.1, 0.15) is 44.4 Å². The highest BCUT2D eigenvalue weighted by molar-refractivity contribution is 5.97. The number of hydrogen-bond donors (Lipinski definition) is 2. The monoisotopic (exact) mass is 261 g/mol. The molecule has 0 radical (unpaired) electrons. The molecule has 0 bridgehead atoms. The fourth-order valence-electron chi connectivity index (χ4n) is 2.95. The molecule has 2 rings (SSSR count). The molecule has 0 saturated heterocycles. The Morgan fingerprint density at radius 1 is 1.26 bits per heavy atom. The van der Waals surface area contributed by atoms with Crippen molar-refractivity contribution in [1.29, 1.82) is 5.41 Å². The fourth-order valence-corrected chi connectivity index (χ4v) is 2.95. The molecule has 1 heterocycles. The summed E-state index contributed by atoms with van der Waals surface area (Å²) in [6, 6.07) is 3.67. The lowest BCUT2D eigenvalue weighted by atomic mass is 9.82. The number of nitrogens with zero attached hydrogens (tertiary/aromatic N) is 1. The van der Waals surface area contributed by atoms with Crippen LogP contribution in [0.4, 0.5) is 0 Å². The minimum absolute atomic E-state index is 0.0133. The van der Waals surface area contributed by atoms with Gasteiger partial charge in [0, 0.05) is 5.69 Å². The number of nitrogen functional groups attached to an aromatic ring is 1. The zero-order valence-electron chi connectivity index (χ0n) is 11.9. The molecule has 4 heteroatoms. The van der Waals surface area contributed by atoms with Crippen LogP contribution in [0.3, 0.4) is 0 Å². The molecular weight excluding hydrogens is 238 g/mol. The van der Waals surface area contributed by atoms with E-state index >= 15 is 0 Å². The number of ether oxygens (including phenoxy) is 1. The highest BCUT2D eigenvalue weighted by Gasteiger charge is 2.26. The first-order chi connectivity index (χ1) is 8.95. The minimum atomic E-state index is 0.0133. The van der Waals surface area contributed by atoms with Crippen molar-refractivity contribution in [2.45, 2.75) is 46.1 Å². The van der Waals surface area contributed by atoms with Crippen molar-refractivity contribution in [3.05, 3.63) is 23.4 Å². The first-order valence-electron chi connectivity index (χ1n) is 6.94. The van der Waals surface area contributed by atoms with Crippen LogP contribution in [-0.4, -0.2) is 16.9 Å². The van der Waals surface area contributed by atoms with Gasteiger partial charge in [-0.3, -0.25) is 5.41 Å². The van der Waals surface area contributed by atoms with E-state index in [1.54, 1.807) is 0 Å². The average Bonchev–Trinajstić information content (AvgIpc) is 2.26. The van der Waals surface area contributed by atoms with Gasteiger partial charge in [0.2, 0.25) is 5.88 Å². The highest BCUT2D eigenvalue weighted by Crippen LogP contribution is 2.31. The van der Waals surface area contributed by atoms with Crippen molar-refractivity contribution in [2.24, 2.45) is 17.6 Å². The molecule has 2 unspecified atom stereocenters. The summed E-state index contributed by atoms with van der Waals surface area (Å²) in [6.07, 6.45) is 3.56. The number of hydrogen-bond acceptors (Lipinski definition) is 3. The molecular formula is C15H23N3O. The van der Waals surface area contributed by atoms with Gasteiger partial charge in [-0.1, -0.05) is 13.8 Å². The predicted octanol–water partition coefficient (Wildman–Crippen LogP) is 2.88. The van der Waals surface area contributed by atoms with Crippen LogP contribution in [0, 0.1) is 24.2 Å². The van der Waals surface area contributed by atoms with Gasteiger partial charge in [0.05, 0.1) is 5.56 Å². The van der Waals surface area contributed by atoms with Crippen molar-refractivity contribution in [3.8, 4) is 5.88 Å². The molecule has 1 aliphatic carbocycles. The van der Waals surface area contributed by atoms with Gasteiger partial charge in [0.25, 0.3) is 0 Å². The van der Waals surface area contributed by atoms with E-state index in [1.165, 1.54) is 6.42 Å². The molecule has 1 saturated carbocycles. The molecule has 2 atom stereocenters. The fraction of sp³-hybridized carbons (Fsp3) is 0.600. The Balaban J connectivity index is 2.18. The Hall–Kier alpha value is -1.58. The molecule has 4 nitrogen and oxygen atoms in total. The average molecular weight is 261 g/mol. The van der Waals surface area contributed by atoms with Crippen LogP contribution in [0.2, 0.25) is 0 Å². The summed E-state index contributed by atoms with van der Waals surface area (Å²) < 4.78 is 6.04. The second-order valence-electron chi connectivity index (χ2n) is 5.88. The molecule has 0 aromatic carbocycles. The molecule has 1 aromatic heterocycles. The number of pyridine rings is 1. The van der Waals surface area contributed by atoms with Crippen molar-refractivity contribution in [3.63, 3.8) is 0 Å². The highest BCUT2D eigenvalue weighted by atomic mass is 16.5. The Morgan fingerprint density at radius 3 is 2.47 bits per heavy atom. The zero-order valence-corrected chi connectivity index (χ0v) is 11.9. The Morgan fingerprint density at radius 2 is 1.89 bits per heavy atom. The van der Waals surface area contributed by atoms with E-state index in [9.17, 15) is 0 Å². The van der Waals surface area contributed by atoms with Crippen LogP contribution in [0.15, 0.2) is 12.1 Å². The molecule has 0 amide bonds. The SMILES string of the molecule is Cc1ccc(C(=N)N)c(OC2CC(C)CC(C)C2)n1. The maximum absolute atomic E-state index is 7.60. The summed E-state index contributed by atoms with van der Waals surface area (Å²) in [5.74, 6) is 1.89. The standard InChI is InChI=1S/C15H23N3O/c1-9-6-10(2)8-12(7-9)19-15-13(14(16)17)5-4-11(3)18-15/h4-5,9-10,12H,6-8H2,1-3H3,(H3,16,17). The van der Waals surface area contributed by atoms with Crippen LogP contribution >= 0.6 is 0 Å². The Bertz CT molecular complexity index is 462. The van der Waals surface area contributed by atoms with E-state index in [-0.39, 0.29) is 11.9 Å². The molecule has 1 aromatic rings.